The molecular formula is C21H23ClN4O. The van der Waals surface area contributed by atoms with Crippen LogP contribution in [0.3, 0.4) is 0 Å². The fourth-order valence-corrected chi connectivity index (χ4v) is 3.56. The van der Waals surface area contributed by atoms with Crippen LogP contribution >= 0.6 is 11.6 Å². The first-order valence-electron chi connectivity index (χ1n) is 9.13. The molecule has 0 spiro atoms. The molecular weight excluding hydrogens is 360 g/mol. The molecule has 3 rings (SSSR count). The molecule has 2 aromatic rings. The highest BCUT2D eigenvalue weighted by atomic mass is 35.5. The van der Waals surface area contributed by atoms with Crippen LogP contribution in [0.4, 0.5) is 11.4 Å². The minimum Gasteiger partial charge on any atom is -0.369 e. The van der Waals surface area contributed by atoms with Gasteiger partial charge in [0.2, 0.25) is 5.91 Å². The molecule has 0 unspecified atom stereocenters. The Labute approximate surface area is 165 Å². The van der Waals surface area contributed by atoms with Gasteiger partial charge in [-0.15, -0.1) is 0 Å². The summed E-state index contributed by atoms with van der Waals surface area (Å²) in [6.45, 7) is 5.17. The second kappa shape index (κ2) is 8.90. The first kappa shape index (κ1) is 19.2. The Kier molecular flexibility index (Phi) is 6.33. The molecule has 1 amide bonds. The molecule has 0 radical (unpaired) electrons. The zero-order valence-electron chi connectivity index (χ0n) is 15.4. The molecule has 1 aliphatic heterocycles. The fraction of sp³-hybridized carbons (Fsp3) is 0.333. The lowest BCUT2D eigenvalue weighted by atomic mass is 10.1. The summed E-state index contributed by atoms with van der Waals surface area (Å²) in [7, 11) is 0. The van der Waals surface area contributed by atoms with E-state index in [1.54, 1.807) is 12.1 Å². The molecule has 2 aromatic carbocycles. The van der Waals surface area contributed by atoms with Gasteiger partial charge in [0.05, 0.1) is 28.0 Å². The number of rotatable bonds is 4. The highest BCUT2D eigenvalue weighted by molar-refractivity contribution is 6.33. The Balaban J connectivity index is 1.64. The average molecular weight is 383 g/mol. The maximum Gasteiger partial charge on any atom is 0.241 e. The van der Waals surface area contributed by atoms with Crippen molar-refractivity contribution in [2.45, 2.75) is 19.4 Å². The van der Waals surface area contributed by atoms with Crippen LogP contribution in [-0.2, 0) is 4.79 Å². The molecule has 1 N–H and O–H groups in total. The van der Waals surface area contributed by atoms with E-state index >= 15 is 0 Å². The fourth-order valence-electron chi connectivity index (χ4n) is 3.38. The van der Waals surface area contributed by atoms with E-state index in [1.165, 1.54) is 0 Å². The largest absolute Gasteiger partial charge is 0.369 e. The van der Waals surface area contributed by atoms with Crippen LogP contribution in [-0.4, -0.2) is 43.0 Å². The number of carbonyl (C=O) groups is 1. The van der Waals surface area contributed by atoms with E-state index in [1.807, 2.05) is 43.3 Å². The van der Waals surface area contributed by atoms with E-state index in [-0.39, 0.29) is 11.9 Å². The predicted octanol–water partition coefficient (Wildman–Crippen LogP) is 3.75. The SMILES string of the molecule is C[C@H](C(=O)Nc1ccccc1Cl)N1CCCN(c2ccccc2C#N)CC1. The quantitative estimate of drug-likeness (QED) is 0.874. The maximum absolute atomic E-state index is 12.7. The van der Waals surface area contributed by atoms with Gasteiger partial charge in [0.1, 0.15) is 6.07 Å². The Bertz CT molecular complexity index is 848. The first-order valence-corrected chi connectivity index (χ1v) is 9.51. The summed E-state index contributed by atoms with van der Waals surface area (Å²) in [5.41, 5.74) is 2.29. The van der Waals surface area contributed by atoms with Crippen molar-refractivity contribution in [3.05, 3.63) is 59.1 Å². The third-order valence-corrected chi connectivity index (χ3v) is 5.28. The number of nitriles is 1. The monoisotopic (exact) mass is 382 g/mol. The molecule has 1 atom stereocenters. The lowest BCUT2D eigenvalue weighted by molar-refractivity contribution is -0.120. The number of para-hydroxylation sites is 2. The molecule has 1 saturated heterocycles. The maximum atomic E-state index is 12.7. The van der Waals surface area contributed by atoms with Gasteiger partial charge in [-0.1, -0.05) is 35.9 Å². The summed E-state index contributed by atoms with van der Waals surface area (Å²) in [5.74, 6) is -0.0611. The predicted molar refractivity (Wildman–Crippen MR) is 109 cm³/mol. The van der Waals surface area contributed by atoms with Crippen LogP contribution in [0.25, 0.3) is 0 Å². The lowest BCUT2D eigenvalue weighted by Crippen LogP contribution is -2.44. The number of nitrogens with one attached hydrogen (secondary N) is 1. The molecule has 0 bridgehead atoms. The van der Waals surface area contributed by atoms with Gasteiger partial charge in [0.15, 0.2) is 0 Å². The van der Waals surface area contributed by atoms with Gasteiger partial charge < -0.3 is 10.2 Å². The van der Waals surface area contributed by atoms with E-state index < -0.39 is 0 Å². The van der Waals surface area contributed by atoms with Crippen molar-refractivity contribution in [1.82, 2.24) is 4.90 Å². The van der Waals surface area contributed by atoms with E-state index in [4.69, 9.17) is 11.6 Å². The van der Waals surface area contributed by atoms with E-state index in [0.29, 0.717) is 16.3 Å². The van der Waals surface area contributed by atoms with Crippen LogP contribution in [0.5, 0.6) is 0 Å². The Morgan fingerprint density at radius 1 is 1.11 bits per heavy atom. The Hall–Kier alpha value is -2.55. The van der Waals surface area contributed by atoms with E-state index in [0.717, 1.165) is 38.3 Å². The summed E-state index contributed by atoms with van der Waals surface area (Å²) >= 11 is 6.14. The Morgan fingerprint density at radius 3 is 2.63 bits per heavy atom. The molecule has 1 heterocycles. The molecule has 0 saturated carbocycles. The topological polar surface area (TPSA) is 59.4 Å². The lowest BCUT2D eigenvalue weighted by Gasteiger charge is -2.27. The summed E-state index contributed by atoms with van der Waals surface area (Å²) in [6, 6.07) is 16.9. The number of hydrogen-bond donors (Lipinski definition) is 1. The van der Waals surface area contributed by atoms with Gasteiger partial charge in [0.25, 0.3) is 0 Å². The summed E-state index contributed by atoms with van der Waals surface area (Å²) in [4.78, 5) is 17.1. The number of anilines is 2. The van der Waals surface area contributed by atoms with Crippen molar-refractivity contribution in [2.75, 3.05) is 36.4 Å². The van der Waals surface area contributed by atoms with Gasteiger partial charge in [-0.05, 0) is 37.6 Å². The molecule has 5 nitrogen and oxygen atoms in total. The van der Waals surface area contributed by atoms with Crippen LogP contribution < -0.4 is 10.2 Å². The van der Waals surface area contributed by atoms with Gasteiger partial charge in [-0.2, -0.15) is 5.26 Å². The van der Waals surface area contributed by atoms with Crippen LogP contribution in [0.15, 0.2) is 48.5 Å². The third-order valence-electron chi connectivity index (χ3n) is 4.95. The van der Waals surface area contributed by atoms with Crippen molar-refractivity contribution >= 4 is 28.9 Å². The zero-order chi connectivity index (χ0) is 19.2. The highest BCUT2D eigenvalue weighted by Gasteiger charge is 2.25. The second-order valence-electron chi connectivity index (χ2n) is 6.65. The Morgan fingerprint density at radius 2 is 1.85 bits per heavy atom. The summed E-state index contributed by atoms with van der Waals surface area (Å²) in [6.07, 6.45) is 0.934. The molecule has 140 valence electrons. The van der Waals surface area contributed by atoms with Crippen molar-refractivity contribution in [2.24, 2.45) is 0 Å². The molecule has 0 aliphatic carbocycles. The van der Waals surface area contributed by atoms with E-state index in [2.05, 4.69) is 21.2 Å². The highest BCUT2D eigenvalue weighted by Crippen LogP contribution is 2.23. The number of carbonyl (C=O) groups excluding carboxylic acids is 1. The number of nitrogens with zero attached hydrogens (tertiary/aromatic N) is 3. The summed E-state index contributed by atoms with van der Waals surface area (Å²) in [5, 5.41) is 12.8. The smallest absolute Gasteiger partial charge is 0.241 e. The van der Waals surface area contributed by atoms with Gasteiger partial charge in [0, 0.05) is 26.2 Å². The van der Waals surface area contributed by atoms with E-state index in [9.17, 15) is 10.1 Å². The van der Waals surface area contributed by atoms with Crippen molar-refractivity contribution in [3.63, 3.8) is 0 Å². The number of halogens is 1. The van der Waals surface area contributed by atoms with Crippen molar-refractivity contribution < 1.29 is 4.79 Å². The first-order chi connectivity index (χ1) is 13.1. The normalized spacial score (nSPS) is 16.3. The van der Waals surface area contributed by atoms with Crippen LogP contribution in [0.2, 0.25) is 5.02 Å². The minimum absolute atomic E-state index is 0.0611. The number of benzene rings is 2. The standard InChI is InChI=1S/C21H23ClN4O/c1-16(21(27)24-19-9-4-3-8-18(19)22)25-11-6-12-26(14-13-25)20-10-5-2-7-17(20)15-23/h2-5,7-10,16H,6,11-14H2,1H3,(H,24,27)/t16-/m1/s1. The van der Waals surface area contributed by atoms with Crippen molar-refractivity contribution in [3.8, 4) is 6.07 Å². The molecule has 1 fully saturated rings. The van der Waals surface area contributed by atoms with Crippen molar-refractivity contribution in [1.29, 1.82) is 5.26 Å². The van der Waals surface area contributed by atoms with Crippen LogP contribution in [0.1, 0.15) is 18.9 Å². The molecule has 1 aliphatic rings. The number of hydrogen-bond acceptors (Lipinski definition) is 4. The molecule has 6 heteroatoms. The second-order valence-corrected chi connectivity index (χ2v) is 7.06. The van der Waals surface area contributed by atoms with Gasteiger partial charge in [-0.3, -0.25) is 9.69 Å². The van der Waals surface area contributed by atoms with Crippen LogP contribution in [0, 0.1) is 11.3 Å². The minimum atomic E-state index is -0.257. The zero-order valence-corrected chi connectivity index (χ0v) is 16.1. The molecule has 0 aromatic heterocycles. The van der Waals surface area contributed by atoms with Gasteiger partial charge >= 0.3 is 0 Å². The third kappa shape index (κ3) is 4.60. The average Bonchev–Trinajstić information content (AvgIpc) is 2.95. The van der Waals surface area contributed by atoms with Gasteiger partial charge in [-0.25, -0.2) is 0 Å². The molecule has 27 heavy (non-hydrogen) atoms. The number of amides is 1. The summed E-state index contributed by atoms with van der Waals surface area (Å²) < 4.78 is 0.